The predicted molar refractivity (Wildman–Crippen MR) is 58.6 cm³/mol. The van der Waals surface area contributed by atoms with Crippen molar-refractivity contribution < 1.29 is 10.5 Å². The normalized spacial score (nSPS) is 11.0. The molecule has 0 radical (unpaired) electrons. The van der Waals surface area contributed by atoms with Crippen molar-refractivity contribution in [1.82, 2.24) is 5.32 Å². The number of carbonyl (C=O) groups excluding carboxylic acids is 1. The van der Waals surface area contributed by atoms with Crippen molar-refractivity contribution in [2.75, 3.05) is 13.6 Å². The fourth-order valence-corrected chi connectivity index (χ4v) is 1.08. The van der Waals surface area contributed by atoms with E-state index in [0.29, 0.717) is 0 Å². The van der Waals surface area contributed by atoms with Crippen molar-refractivity contribution in [3.05, 3.63) is 0 Å². The Morgan fingerprint density at radius 2 is 1.92 bits per heavy atom. The minimum atomic E-state index is 0. The van der Waals surface area contributed by atoms with Gasteiger partial charge in [-0.3, -0.25) is 4.79 Å². The molecule has 3 heteroatoms. The molecule has 0 bridgehead atoms. The number of likely N-dealkylation sites (N-methyl/N-ethyl adjacent to an activating group) is 1. The van der Waals surface area contributed by atoms with Crippen LogP contribution < -0.4 is 11.1 Å². The quantitative estimate of drug-likeness (QED) is 0.611. The van der Waals surface area contributed by atoms with Gasteiger partial charge in [-0.2, -0.15) is 0 Å². The summed E-state index contributed by atoms with van der Waals surface area (Å²) in [6.07, 6.45) is 3.15. The fraction of sp³-hybridized carbons (Fsp3) is 0.900. The van der Waals surface area contributed by atoms with Crippen LogP contribution in [0.3, 0.4) is 0 Å². The van der Waals surface area contributed by atoms with Gasteiger partial charge >= 0.3 is 0 Å². The molecular weight excluding hydrogens is 164 g/mol. The van der Waals surface area contributed by atoms with Crippen LogP contribution in [0.15, 0.2) is 0 Å². The summed E-state index contributed by atoms with van der Waals surface area (Å²) in [5.74, 6) is 0.233. The molecule has 0 aliphatic heterocycles. The lowest BCUT2D eigenvalue weighted by atomic mass is 10.1. The van der Waals surface area contributed by atoms with Gasteiger partial charge in [0.25, 0.3) is 0 Å². The molecule has 0 heterocycles. The Morgan fingerprint density at radius 1 is 1.38 bits per heavy atom. The van der Waals surface area contributed by atoms with Crippen LogP contribution in [0.4, 0.5) is 0 Å². The molecular formula is C10H27N2O+. The molecule has 1 unspecified atom stereocenters. The van der Waals surface area contributed by atoms with E-state index >= 15 is 0 Å². The summed E-state index contributed by atoms with van der Waals surface area (Å²) < 4.78 is 0. The Hall–Kier alpha value is -0.410. The Morgan fingerprint density at radius 3 is 2.23 bits per heavy atom. The van der Waals surface area contributed by atoms with E-state index in [4.69, 9.17) is 0 Å². The third kappa shape index (κ3) is 9.50. The summed E-state index contributed by atoms with van der Waals surface area (Å²) in [7, 11) is 1.83. The number of quaternary nitrogens is 1. The van der Waals surface area contributed by atoms with E-state index in [1.54, 1.807) is 6.92 Å². The topological polar surface area (TPSA) is 56.7 Å². The first-order chi connectivity index (χ1) is 5.22. The van der Waals surface area contributed by atoms with Gasteiger partial charge in [-0.15, -0.1) is 0 Å². The summed E-state index contributed by atoms with van der Waals surface area (Å²) in [4.78, 5) is 10.9. The molecule has 0 saturated carbocycles. The maximum Gasteiger partial charge on any atom is 0.146 e. The Labute approximate surface area is 83.1 Å². The van der Waals surface area contributed by atoms with Crippen LogP contribution in [0.2, 0.25) is 0 Å². The van der Waals surface area contributed by atoms with E-state index < -0.39 is 0 Å². The fourth-order valence-electron chi connectivity index (χ4n) is 1.08. The number of ketones is 1. The Bertz CT molecular complexity index is 115. The predicted octanol–water partition coefficient (Wildman–Crippen LogP) is 0.848. The first-order valence-electron chi connectivity index (χ1n) is 4.19. The number of nitrogens with one attached hydrogen (secondary N) is 1. The number of hydrogen-bond acceptors (Lipinski definition) is 2. The second-order valence-electron chi connectivity index (χ2n) is 2.80. The summed E-state index contributed by atoms with van der Waals surface area (Å²) in [5, 5.41) is 2.99. The van der Waals surface area contributed by atoms with Gasteiger partial charge < -0.3 is 11.1 Å². The van der Waals surface area contributed by atoms with Crippen LogP contribution in [0, 0.1) is 0 Å². The van der Waals surface area contributed by atoms with Crippen molar-refractivity contribution in [3.8, 4) is 0 Å². The van der Waals surface area contributed by atoms with Gasteiger partial charge in [-0.25, -0.2) is 0 Å². The van der Waals surface area contributed by atoms with Crippen molar-refractivity contribution in [1.29, 1.82) is 0 Å². The molecule has 0 aromatic heterocycles. The maximum absolute atomic E-state index is 10.9. The average molecular weight is 191 g/mol. The van der Waals surface area contributed by atoms with Gasteiger partial charge in [0.1, 0.15) is 5.78 Å². The molecule has 0 amide bonds. The van der Waals surface area contributed by atoms with Gasteiger partial charge in [0.05, 0.1) is 12.6 Å². The van der Waals surface area contributed by atoms with Crippen molar-refractivity contribution in [2.24, 2.45) is 0 Å². The van der Waals surface area contributed by atoms with Crippen LogP contribution in [-0.2, 0) is 4.79 Å². The molecule has 82 valence electrons. The highest BCUT2D eigenvalue weighted by molar-refractivity contribution is 5.81. The number of Topliss-reactive ketones (excluding diaryl/α,β-unsaturated/α-hetero) is 1. The number of hydrogen-bond donors (Lipinski definition) is 2. The Balaban J connectivity index is -0.000000500. The van der Waals surface area contributed by atoms with Gasteiger partial charge in [-0.1, -0.05) is 14.9 Å². The highest BCUT2D eigenvalue weighted by Gasteiger charge is 2.09. The molecule has 0 rings (SSSR count). The molecule has 0 spiro atoms. The molecule has 0 aromatic carbocycles. The zero-order valence-corrected chi connectivity index (χ0v) is 7.52. The lowest BCUT2D eigenvalue weighted by molar-refractivity contribution is -0.368. The van der Waals surface area contributed by atoms with Gasteiger partial charge in [0.15, 0.2) is 0 Å². The van der Waals surface area contributed by atoms with E-state index in [-0.39, 0.29) is 26.7 Å². The first-order valence-corrected chi connectivity index (χ1v) is 4.19. The third-order valence-corrected chi connectivity index (χ3v) is 1.83. The number of rotatable bonds is 6. The minimum absolute atomic E-state index is 0. The third-order valence-electron chi connectivity index (χ3n) is 1.83. The van der Waals surface area contributed by atoms with E-state index in [1.165, 1.54) is 0 Å². The zero-order valence-electron chi connectivity index (χ0n) is 7.52. The molecule has 13 heavy (non-hydrogen) atoms. The van der Waals surface area contributed by atoms with Crippen molar-refractivity contribution in [2.45, 2.75) is 47.1 Å². The molecule has 0 fully saturated rings. The van der Waals surface area contributed by atoms with E-state index in [9.17, 15) is 4.79 Å². The van der Waals surface area contributed by atoms with Crippen molar-refractivity contribution >= 4 is 5.78 Å². The lowest BCUT2D eigenvalue weighted by Crippen LogP contribution is -2.50. The molecule has 0 aliphatic carbocycles. The minimum Gasteiger partial charge on any atom is -0.358 e. The summed E-state index contributed by atoms with van der Waals surface area (Å²) in [6.45, 7) is 2.60. The monoisotopic (exact) mass is 191 g/mol. The standard InChI is InChI=1S/C8H18N2O.2CH4/c1-7(11)8(10-2)5-3-4-6-9;;/h8,10H,3-6,9H2,1-2H3;2*1H4/p+1. The molecule has 1 atom stereocenters. The van der Waals surface area contributed by atoms with E-state index in [1.807, 2.05) is 7.05 Å². The lowest BCUT2D eigenvalue weighted by Gasteiger charge is -2.10. The van der Waals surface area contributed by atoms with Crippen LogP contribution in [0.1, 0.15) is 41.0 Å². The van der Waals surface area contributed by atoms with E-state index in [2.05, 4.69) is 11.1 Å². The SMILES string of the molecule is C.C.CNC(CCCC[NH3+])C(C)=O. The van der Waals surface area contributed by atoms with Gasteiger partial charge in [-0.05, 0) is 33.2 Å². The first kappa shape index (κ1) is 18.4. The molecule has 4 N–H and O–H groups in total. The average Bonchev–Trinajstić information content (AvgIpc) is 1.97. The molecule has 0 aromatic rings. The maximum atomic E-state index is 10.9. The number of unbranched alkanes of at least 4 members (excludes halogenated alkanes) is 1. The second kappa shape index (κ2) is 11.6. The largest absolute Gasteiger partial charge is 0.358 e. The summed E-state index contributed by atoms with van der Waals surface area (Å²) in [6, 6.07) is 0.0570. The van der Waals surface area contributed by atoms with Gasteiger partial charge in [0, 0.05) is 0 Å². The highest BCUT2D eigenvalue weighted by Crippen LogP contribution is 1.99. The Kier molecular flexibility index (Phi) is 16.4. The zero-order chi connectivity index (χ0) is 8.69. The van der Waals surface area contributed by atoms with Crippen LogP contribution in [0.5, 0.6) is 0 Å². The van der Waals surface area contributed by atoms with Gasteiger partial charge in [0.2, 0.25) is 0 Å². The second-order valence-corrected chi connectivity index (χ2v) is 2.80. The van der Waals surface area contributed by atoms with Crippen LogP contribution in [-0.4, -0.2) is 25.4 Å². The van der Waals surface area contributed by atoms with Crippen LogP contribution in [0.25, 0.3) is 0 Å². The van der Waals surface area contributed by atoms with E-state index in [0.717, 1.165) is 25.8 Å². The number of carbonyl (C=O) groups is 1. The molecule has 3 nitrogen and oxygen atoms in total. The molecule has 0 aliphatic rings. The smallest absolute Gasteiger partial charge is 0.146 e. The molecule has 0 saturated heterocycles. The van der Waals surface area contributed by atoms with Crippen molar-refractivity contribution in [3.63, 3.8) is 0 Å². The summed E-state index contributed by atoms with van der Waals surface area (Å²) >= 11 is 0. The summed E-state index contributed by atoms with van der Waals surface area (Å²) in [5.41, 5.74) is 3.75. The van der Waals surface area contributed by atoms with Crippen LogP contribution >= 0.6 is 0 Å². The highest BCUT2D eigenvalue weighted by atomic mass is 16.1.